The first-order valence-corrected chi connectivity index (χ1v) is 10.5. The van der Waals surface area contributed by atoms with Crippen LogP contribution in [0.4, 0.5) is 0 Å². The van der Waals surface area contributed by atoms with Gasteiger partial charge in [-0.25, -0.2) is 4.79 Å². The lowest BCUT2D eigenvalue weighted by molar-refractivity contribution is -0.132. The summed E-state index contributed by atoms with van der Waals surface area (Å²) in [5.41, 5.74) is 3.88. The van der Waals surface area contributed by atoms with E-state index >= 15 is 0 Å². The SMILES string of the molecule is O=C(O)C1=CC2=CC=C3CC=C4CC=C5C=C(O)C6=CC=C1C17OC21C3C41OC51C67. The maximum Gasteiger partial charge on any atom is 0.336 e. The minimum absolute atomic E-state index is 0.0351. The van der Waals surface area contributed by atoms with Crippen LogP contribution in [0, 0.1) is 11.8 Å². The van der Waals surface area contributed by atoms with Crippen LogP contribution < -0.4 is 0 Å². The molecule has 2 N–H and O–H groups in total. The summed E-state index contributed by atoms with van der Waals surface area (Å²) in [5.74, 6) is -0.932. The molecule has 30 heavy (non-hydrogen) atoms. The average molecular weight is 396 g/mol. The van der Waals surface area contributed by atoms with Gasteiger partial charge < -0.3 is 19.7 Å². The number of carboxylic acids is 1. The molecule has 0 aromatic rings. The van der Waals surface area contributed by atoms with Crippen LogP contribution in [0.5, 0.6) is 0 Å². The van der Waals surface area contributed by atoms with Crippen LogP contribution >= 0.6 is 0 Å². The van der Waals surface area contributed by atoms with Crippen molar-refractivity contribution in [3.8, 4) is 0 Å². The van der Waals surface area contributed by atoms with Gasteiger partial charge in [0.15, 0.2) is 0 Å². The quantitative estimate of drug-likeness (QED) is 0.526. The van der Waals surface area contributed by atoms with E-state index in [1.54, 1.807) is 6.08 Å². The van der Waals surface area contributed by atoms with Crippen LogP contribution in [0.15, 0.2) is 93.4 Å². The highest BCUT2D eigenvalue weighted by atomic mass is 16.7. The van der Waals surface area contributed by atoms with Gasteiger partial charge in [-0.05, 0) is 41.7 Å². The van der Waals surface area contributed by atoms with Crippen molar-refractivity contribution >= 4 is 5.97 Å². The molecule has 5 nitrogen and oxygen atoms in total. The van der Waals surface area contributed by atoms with Gasteiger partial charge in [-0.15, -0.1) is 0 Å². The number of aliphatic carboxylic acids is 1. The highest BCUT2D eigenvalue weighted by molar-refractivity contribution is 5.97. The fraction of sp³-hybridized carbons (Fsp3) is 0.320. The van der Waals surface area contributed by atoms with Gasteiger partial charge >= 0.3 is 5.97 Å². The number of rotatable bonds is 1. The molecule has 0 bridgehead atoms. The predicted octanol–water partition coefficient (Wildman–Crippen LogP) is 3.12. The lowest BCUT2D eigenvalue weighted by atomic mass is 9.42. The molecule has 6 unspecified atom stereocenters. The van der Waals surface area contributed by atoms with E-state index in [4.69, 9.17) is 9.47 Å². The van der Waals surface area contributed by atoms with Gasteiger partial charge in [0.05, 0.1) is 17.4 Å². The Morgan fingerprint density at radius 3 is 2.60 bits per heavy atom. The molecule has 0 amide bonds. The molecule has 146 valence electrons. The molecular formula is C25H16O5. The summed E-state index contributed by atoms with van der Waals surface area (Å²) in [6.07, 6.45) is 17.8. The zero-order valence-electron chi connectivity index (χ0n) is 15.8. The van der Waals surface area contributed by atoms with Crippen LogP contribution in [0.2, 0.25) is 0 Å². The van der Waals surface area contributed by atoms with Crippen molar-refractivity contribution in [2.24, 2.45) is 11.8 Å². The molecule has 6 atom stereocenters. The fourth-order valence-corrected chi connectivity index (χ4v) is 8.34. The van der Waals surface area contributed by atoms with E-state index in [2.05, 4.69) is 18.2 Å². The smallest absolute Gasteiger partial charge is 0.336 e. The molecule has 0 aromatic heterocycles. The van der Waals surface area contributed by atoms with E-state index < -0.39 is 28.4 Å². The second-order valence-electron chi connectivity index (χ2n) is 9.77. The van der Waals surface area contributed by atoms with Crippen LogP contribution in [0.25, 0.3) is 0 Å². The normalized spacial score (nSPS) is 50.7. The highest BCUT2D eigenvalue weighted by Crippen LogP contribution is 2.89. The number of epoxide rings is 2. The Morgan fingerprint density at radius 2 is 1.73 bits per heavy atom. The summed E-state index contributed by atoms with van der Waals surface area (Å²) in [5, 5.41) is 21.0. The number of hydrogen-bond donors (Lipinski definition) is 2. The Kier molecular flexibility index (Phi) is 1.88. The van der Waals surface area contributed by atoms with Gasteiger partial charge in [-0.1, -0.05) is 42.0 Å². The zero-order valence-corrected chi connectivity index (χ0v) is 15.8. The Labute approximate surface area is 171 Å². The van der Waals surface area contributed by atoms with Crippen molar-refractivity contribution in [3.63, 3.8) is 0 Å². The summed E-state index contributed by atoms with van der Waals surface area (Å²) in [7, 11) is 0. The number of carboxylic acid groups (broad SMARTS) is 1. The molecule has 2 heterocycles. The van der Waals surface area contributed by atoms with E-state index in [1.165, 1.54) is 11.1 Å². The molecule has 9 aliphatic rings. The molecule has 1 saturated carbocycles. The Morgan fingerprint density at radius 1 is 0.900 bits per heavy atom. The molecular weight excluding hydrogens is 380 g/mol. The van der Waals surface area contributed by atoms with E-state index in [0.29, 0.717) is 0 Å². The summed E-state index contributed by atoms with van der Waals surface area (Å²) >= 11 is 0. The molecule has 2 saturated heterocycles. The maximum atomic E-state index is 12.2. The van der Waals surface area contributed by atoms with Gasteiger partial charge in [-0.2, -0.15) is 0 Å². The third kappa shape index (κ3) is 1.03. The first-order valence-electron chi connectivity index (χ1n) is 10.5. The van der Waals surface area contributed by atoms with E-state index in [-0.39, 0.29) is 23.2 Å². The molecule has 2 aliphatic heterocycles. The molecule has 5 heteroatoms. The zero-order chi connectivity index (χ0) is 19.8. The largest absolute Gasteiger partial charge is 0.508 e. The van der Waals surface area contributed by atoms with Crippen molar-refractivity contribution in [2.45, 2.75) is 35.2 Å². The first-order chi connectivity index (χ1) is 14.5. The summed E-state index contributed by atoms with van der Waals surface area (Å²) in [6.45, 7) is 0. The van der Waals surface area contributed by atoms with Crippen molar-refractivity contribution in [2.75, 3.05) is 0 Å². The summed E-state index contributed by atoms with van der Waals surface area (Å²) in [6, 6.07) is 0. The van der Waals surface area contributed by atoms with Gasteiger partial charge in [0.25, 0.3) is 0 Å². The number of ether oxygens (including phenoxy) is 2. The minimum atomic E-state index is -0.947. The Balaban J connectivity index is 1.49. The predicted molar refractivity (Wildman–Crippen MR) is 104 cm³/mol. The van der Waals surface area contributed by atoms with E-state index in [0.717, 1.165) is 35.1 Å². The third-order valence-electron chi connectivity index (χ3n) is 9.15. The molecule has 9 rings (SSSR count). The number of aliphatic hydroxyl groups excluding tert-OH is 1. The van der Waals surface area contributed by atoms with Crippen molar-refractivity contribution in [1.29, 1.82) is 0 Å². The summed E-state index contributed by atoms with van der Waals surface area (Å²) < 4.78 is 13.8. The minimum Gasteiger partial charge on any atom is -0.508 e. The van der Waals surface area contributed by atoms with Crippen molar-refractivity contribution in [1.82, 2.24) is 0 Å². The highest BCUT2D eigenvalue weighted by Gasteiger charge is 3.00. The van der Waals surface area contributed by atoms with Gasteiger partial charge in [0.1, 0.15) is 28.2 Å². The van der Waals surface area contributed by atoms with Crippen molar-refractivity contribution in [3.05, 3.63) is 93.4 Å². The third-order valence-corrected chi connectivity index (χ3v) is 9.15. The van der Waals surface area contributed by atoms with Crippen LogP contribution in [-0.4, -0.2) is 38.6 Å². The van der Waals surface area contributed by atoms with Crippen LogP contribution in [0.1, 0.15) is 12.8 Å². The Hall–Kier alpha value is -2.89. The van der Waals surface area contributed by atoms with Gasteiger partial charge in [-0.3, -0.25) is 0 Å². The fourth-order valence-electron chi connectivity index (χ4n) is 8.34. The van der Waals surface area contributed by atoms with Gasteiger partial charge in [0.2, 0.25) is 0 Å². The summed E-state index contributed by atoms with van der Waals surface area (Å²) in [4.78, 5) is 12.2. The second kappa shape index (κ2) is 3.77. The van der Waals surface area contributed by atoms with Gasteiger partial charge in [0, 0.05) is 11.1 Å². The standard InChI is InChI=1S/C25H16O5/c26-18-10-14-6-5-12-3-1-11-2-4-13-9-16(21(27)28)17-8-7-15(18)20-24(14)22(12,29-24)19(11)23(13)25(17,20)30-23/h2-4,6-10,19-20,26H,1,5H2,(H,27,28). The van der Waals surface area contributed by atoms with E-state index in [9.17, 15) is 15.0 Å². The molecule has 0 aromatic carbocycles. The lowest BCUT2D eigenvalue weighted by Crippen LogP contribution is -2.64. The number of aliphatic hydroxyl groups is 1. The number of hydrogen-bond acceptors (Lipinski definition) is 4. The molecule has 7 aliphatic carbocycles. The lowest BCUT2D eigenvalue weighted by Gasteiger charge is -2.53. The first kappa shape index (κ1) is 15.0. The molecule has 0 radical (unpaired) electrons. The Bertz CT molecular complexity index is 1360. The van der Waals surface area contributed by atoms with E-state index in [1.807, 2.05) is 24.3 Å². The topological polar surface area (TPSA) is 82.6 Å². The molecule has 4 spiro atoms. The van der Waals surface area contributed by atoms with Crippen LogP contribution in [-0.2, 0) is 14.3 Å². The van der Waals surface area contributed by atoms with Crippen molar-refractivity contribution < 1.29 is 24.5 Å². The molecule has 3 fully saturated rings. The average Bonchev–Trinajstić information content (AvgIpc) is 3.60. The monoisotopic (exact) mass is 396 g/mol. The number of allylic oxidation sites excluding steroid dienone is 7. The number of carbonyl (C=O) groups is 1. The maximum absolute atomic E-state index is 12.2. The second-order valence-corrected chi connectivity index (χ2v) is 9.77. The van der Waals surface area contributed by atoms with Crippen LogP contribution in [0.3, 0.4) is 0 Å².